The highest BCUT2D eigenvalue weighted by Crippen LogP contribution is 2.22. The van der Waals surface area contributed by atoms with E-state index in [1.165, 1.54) is 37.0 Å². The fraction of sp³-hybridized carbons (Fsp3) is 0.588. The molecule has 114 valence electrons. The molecule has 1 aromatic heterocycles. The SMILES string of the molecule is Cc1cc(C(=O)NC2CCCCCC2)sc1C#CCCO. The third-order valence-electron chi connectivity index (χ3n) is 3.77. The topological polar surface area (TPSA) is 49.3 Å². The maximum atomic E-state index is 12.3. The van der Waals surface area contributed by atoms with E-state index in [2.05, 4.69) is 17.2 Å². The molecule has 3 nitrogen and oxygen atoms in total. The quantitative estimate of drug-likeness (QED) is 0.665. The Balaban J connectivity index is 1.99. The van der Waals surface area contributed by atoms with Crippen molar-refractivity contribution in [2.24, 2.45) is 0 Å². The number of rotatable bonds is 3. The molecule has 0 aromatic carbocycles. The first-order valence-electron chi connectivity index (χ1n) is 7.71. The number of aliphatic hydroxyl groups excluding tert-OH is 1. The summed E-state index contributed by atoms with van der Waals surface area (Å²) >= 11 is 1.44. The van der Waals surface area contributed by atoms with E-state index < -0.39 is 0 Å². The Labute approximate surface area is 130 Å². The van der Waals surface area contributed by atoms with Crippen molar-refractivity contribution in [1.29, 1.82) is 0 Å². The van der Waals surface area contributed by atoms with Gasteiger partial charge in [0.2, 0.25) is 0 Å². The van der Waals surface area contributed by atoms with Gasteiger partial charge in [-0.1, -0.05) is 37.5 Å². The molecule has 0 unspecified atom stereocenters. The lowest BCUT2D eigenvalue weighted by Gasteiger charge is -2.15. The molecule has 1 amide bonds. The van der Waals surface area contributed by atoms with E-state index in [0.29, 0.717) is 12.5 Å². The fourth-order valence-corrected chi connectivity index (χ4v) is 3.55. The first kappa shape index (κ1) is 16.1. The van der Waals surface area contributed by atoms with Crippen molar-refractivity contribution in [3.63, 3.8) is 0 Å². The molecular formula is C17H23NO2S. The first-order chi connectivity index (χ1) is 10.2. The Bertz CT molecular complexity index is 531. The maximum Gasteiger partial charge on any atom is 0.261 e. The van der Waals surface area contributed by atoms with Crippen LogP contribution in [-0.2, 0) is 0 Å². The number of carbonyl (C=O) groups excluding carboxylic acids is 1. The van der Waals surface area contributed by atoms with Crippen LogP contribution in [-0.4, -0.2) is 23.7 Å². The van der Waals surface area contributed by atoms with Crippen LogP contribution in [0.1, 0.15) is 65.1 Å². The summed E-state index contributed by atoms with van der Waals surface area (Å²) in [5.41, 5.74) is 1.04. The number of hydrogen-bond acceptors (Lipinski definition) is 3. The minimum Gasteiger partial charge on any atom is -0.395 e. The lowest BCUT2D eigenvalue weighted by Crippen LogP contribution is -2.33. The van der Waals surface area contributed by atoms with Gasteiger partial charge in [-0.2, -0.15) is 0 Å². The third-order valence-corrected chi connectivity index (χ3v) is 4.92. The fourth-order valence-electron chi connectivity index (χ4n) is 2.60. The molecule has 0 radical (unpaired) electrons. The minimum atomic E-state index is 0.0326. The van der Waals surface area contributed by atoms with Gasteiger partial charge < -0.3 is 10.4 Å². The molecule has 1 aliphatic rings. The van der Waals surface area contributed by atoms with Crippen molar-refractivity contribution in [1.82, 2.24) is 5.32 Å². The van der Waals surface area contributed by atoms with E-state index in [0.717, 1.165) is 28.2 Å². The normalized spacial score (nSPS) is 15.9. The maximum absolute atomic E-state index is 12.3. The second-order valence-electron chi connectivity index (χ2n) is 5.56. The molecule has 0 saturated heterocycles. The van der Waals surface area contributed by atoms with Crippen LogP contribution in [0.4, 0.5) is 0 Å². The highest BCUT2D eigenvalue weighted by molar-refractivity contribution is 7.14. The van der Waals surface area contributed by atoms with Gasteiger partial charge >= 0.3 is 0 Å². The van der Waals surface area contributed by atoms with Crippen LogP contribution < -0.4 is 5.32 Å². The second kappa shape index (κ2) is 8.21. The zero-order valence-electron chi connectivity index (χ0n) is 12.6. The van der Waals surface area contributed by atoms with Crippen molar-refractivity contribution in [3.05, 3.63) is 21.4 Å². The molecule has 0 atom stereocenters. The van der Waals surface area contributed by atoms with Gasteiger partial charge in [0.15, 0.2) is 0 Å². The van der Waals surface area contributed by atoms with E-state index in [-0.39, 0.29) is 12.5 Å². The van der Waals surface area contributed by atoms with Crippen molar-refractivity contribution in [3.8, 4) is 11.8 Å². The van der Waals surface area contributed by atoms with Gasteiger partial charge in [0, 0.05) is 12.5 Å². The number of carbonyl (C=O) groups is 1. The van der Waals surface area contributed by atoms with Crippen molar-refractivity contribution >= 4 is 17.2 Å². The molecule has 0 spiro atoms. The molecule has 1 heterocycles. The molecule has 1 saturated carbocycles. The number of aliphatic hydroxyl groups is 1. The van der Waals surface area contributed by atoms with Gasteiger partial charge in [-0.15, -0.1) is 11.3 Å². The number of amides is 1. The predicted octanol–water partition coefficient (Wildman–Crippen LogP) is 3.24. The first-order valence-corrected chi connectivity index (χ1v) is 8.53. The standard InChI is InChI=1S/C17H23NO2S/c1-13-12-16(21-15(13)10-6-7-11-19)17(20)18-14-8-4-2-3-5-9-14/h12,14,19H,2-5,7-9,11H2,1H3,(H,18,20). The molecule has 1 fully saturated rings. The molecular weight excluding hydrogens is 282 g/mol. The molecule has 1 aliphatic carbocycles. The molecule has 0 aliphatic heterocycles. The van der Waals surface area contributed by atoms with E-state index in [1.807, 2.05) is 13.0 Å². The van der Waals surface area contributed by atoms with Gasteiger partial charge in [0.25, 0.3) is 5.91 Å². The molecule has 4 heteroatoms. The number of hydrogen-bond donors (Lipinski definition) is 2. The van der Waals surface area contributed by atoms with Crippen molar-refractivity contribution in [2.75, 3.05) is 6.61 Å². The van der Waals surface area contributed by atoms with Crippen molar-refractivity contribution < 1.29 is 9.90 Å². The van der Waals surface area contributed by atoms with Gasteiger partial charge in [-0.05, 0) is 31.4 Å². The second-order valence-corrected chi connectivity index (χ2v) is 6.61. The Morgan fingerprint density at radius 2 is 2.10 bits per heavy atom. The van der Waals surface area contributed by atoms with Gasteiger partial charge in [-0.25, -0.2) is 0 Å². The number of nitrogens with one attached hydrogen (secondary N) is 1. The molecule has 21 heavy (non-hydrogen) atoms. The summed E-state index contributed by atoms with van der Waals surface area (Å²) in [6.07, 6.45) is 7.67. The summed E-state index contributed by atoms with van der Waals surface area (Å²) < 4.78 is 0. The van der Waals surface area contributed by atoms with Crippen LogP contribution in [0.3, 0.4) is 0 Å². The van der Waals surface area contributed by atoms with E-state index in [1.54, 1.807) is 0 Å². The Kier molecular flexibility index (Phi) is 6.28. The smallest absolute Gasteiger partial charge is 0.261 e. The lowest BCUT2D eigenvalue weighted by atomic mass is 10.1. The van der Waals surface area contributed by atoms with E-state index in [9.17, 15) is 4.79 Å². The predicted molar refractivity (Wildman–Crippen MR) is 86.6 cm³/mol. The average molecular weight is 305 g/mol. The van der Waals surface area contributed by atoms with E-state index in [4.69, 9.17) is 5.11 Å². The summed E-state index contributed by atoms with van der Waals surface area (Å²) in [5.74, 6) is 5.98. The summed E-state index contributed by atoms with van der Waals surface area (Å²) in [6, 6.07) is 2.24. The Hall–Kier alpha value is -1.31. The van der Waals surface area contributed by atoms with E-state index >= 15 is 0 Å². The Morgan fingerprint density at radius 3 is 2.76 bits per heavy atom. The van der Waals surface area contributed by atoms with Crippen LogP contribution in [0.15, 0.2) is 6.07 Å². The number of thiophene rings is 1. The van der Waals surface area contributed by atoms with Crippen LogP contribution in [0.25, 0.3) is 0 Å². The molecule has 2 N–H and O–H groups in total. The minimum absolute atomic E-state index is 0.0326. The molecule has 0 bridgehead atoms. The van der Waals surface area contributed by atoms with Gasteiger partial charge in [-0.3, -0.25) is 4.79 Å². The summed E-state index contributed by atoms with van der Waals surface area (Å²) in [7, 11) is 0. The van der Waals surface area contributed by atoms with Gasteiger partial charge in [0.05, 0.1) is 16.4 Å². The highest BCUT2D eigenvalue weighted by Gasteiger charge is 2.17. The lowest BCUT2D eigenvalue weighted by molar-refractivity contribution is 0.0937. The largest absolute Gasteiger partial charge is 0.395 e. The monoisotopic (exact) mass is 305 g/mol. The summed E-state index contributed by atoms with van der Waals surface area (Å²) in [5, 5.41) is 11.9. The summed E-state index contributed by atoms with van der Waals surface area (Å²) in [6.45, 7) is 2.05. The highest BCUT2D eigenvalue weighted by atomic mass is 32.1. The number of aryl methyl sites for hydroxylation is 1. The van der Waals surface area contributed by atoms with Crippen LogP contribution in [0.2, 0.25) is 0 Å². The average Bonchev–Trinajstić information content (AvgIpc) is 2.68. The zero-order chi connectivity index (χ0) is 15.1. The molecule has 1 aromatic rings. The van der Waals surface area contributed by atoms with Gasteiger partial charge in [0.1, 0.15) is 0 Å². The van der Waals surface area contributed by atoms with Crippen LogP contribution >= 0.6 is 11.3 Å². The van der Waals surface area contributed by atoms with Crippen molar-refractivity contribution in [2.45, 2.75) is 57.9 Å². The third kappa shape index (κ3) is 4.87. The van der Waals surface area contributed by atoms with Crippen LogP contribution in [0.5, 0.6) is 0 Å². The zero-order valence-corrected chi connectivity index (χ0v) is 13.4. The van der Waals surface area contributed by atoms with Crippen LogP contribution in [0, 0.1) is 18.8 Å². The molecule has 2 rings (SSSR count). The Morgan fingerprint density at radius 1 is 1.38 bits per heavy atom. The summed E-state index contributed by atoms with van der Waals surface area (Å²) in [4.78, 5) is 14.0.